The number of nitrogens with zero attached hydrogens (tertiary/aromatic N) is 1. The fraction of sp³-hybridized carbons (Fsp3) is 0.143. The van der Waals surface area contributed by atoms with Gasteiger partial charge in [0.05, 0.1) is 11.5 Å². The van der Waals surface area contributed by atoms with Gasteiger partial charge in [-0.25, -0.2) is 14.2 Å². The van der Waals surface area contributed by atoms with E-state index >= 15 is 0 Å². The van der Waals surface area contributed by atoms with Gasteiger partial charge in [-0.2, -0.15) is 0 Å². The third-order valence-electron chi connectivity index (χ3n) is 4.00. The summed E-state index contributed by atoms with van der Waals surface area (Å²) in [5, 5.41) is 21.0. The lowest BCUT2D eigenvalue weighted by molar-refractivity contribution is -0.138. The summed E-state index contributed by atoms with van der Waals surface area (Å²) in [5.41, 5.74) is 1.06. The zero-order valence-electron chi connectivity index (χ0n) is 15.3. The number of para-hydroxylation sites is 2. The van der Waals surface area contributed by atoms with Crippen molar-refractivity contribution in [2.75, 3.05) is 6.61 Å². The number of aliphatic imine (C=N–C) groups is 1. The number of aryl methyl sites for hydroxylation is 1. The molecule has 0 atom stereocenters. The van der Waals surface area contributed by atoms with Crippen molar-refractivity contribution in [3.8, 4) is 5.75 Å². The number of aromatic hydroxyl groups is 1. The van der Waals surface area contributed by atoms with Gasteiger partial charge in [0.2, 0.25) is 0 Å². The molecule has 5 nitrogen and oxygen atoms in total. The van der Waals surface area contributed by atoms with Gasteiger partial charge < -0.3 is 14.9 Å². The fourth-order valence-corrected chi connectivity index (χ4v) is 3.60. The smallest absolute Gasteiger partial charge is 0.344 e. The molecule has 0 unspecified atom stereocenters. The van der Waals surface area contributed by atoms with Crippen LogP contribution in [0.25, 0.3) is 6.08 Å². The average molecular weight is 399 g/mol. The molecule has 2 N–H and O–H groups in total. The molecule has 7 heteroatoms. The first-order valence-electron chi connectivity index (χ1n) is 8.54. The van der Waals surface area contributed by atoms with Crippen LogP contribution in [-0.2, 0) is 9.53 Å². The first-order chi connectivity index (χ1) is 13.4. The normalized spacial score (nSPS) is 16.8. The number of thioether (sulfide) groups is 1. The molecular formula is C21H18FNO4S. The van der Waals surface area contributed by atoms with E-state index in [2.05, 4.69) is 4.99 Å². The van der Waals surface area contributed by atoms with Crippen LogP contribution in [0.15, 0.2) is 63.7 Å². The number of aliphatic hydroxyl groups excluding tert-OH is 1. The molecular weight excluding hydrogens is 381 g/mol. The van der Waals surface area contributed by atoms with E-state index in [1.165, 1.54) is 18.2 Å². The number of esters is 1. The molecule has 0 aliphatic carbocycles. The first kappa shape index (κ1) is 19.7. The van der Waals surface area contributed by atoms with Gasteiger partial charge in [-0.3, -0.25) is 0 Å². The number of phenolic OH excluding ortho intramolecular Hbond substituents is 1. The number of benzene rings is 2. The van der Waals surface area contributed by atoms with E-state index in [4.69, 9.17) is 4.74 Å². The third kappa shape index (κ3) is 3.94. The van der Waals surface area contributed by atoms with Crippen molar-refractivity contribution in [3.05, 3.63) is 75.6 Å². The summed E-state index contributed by atoms with van der Waals surface area (Å²) in [6, 6.07) is 11.1. The summed E-state index contributed by atoms with van der Waals surface area (Å²) < 4.78 is 19.0. The number of phenols is 1. The Balaban J connectivity index is 2.10. The topological polar surface area (TPSA) is 79.1 Å². The summed E-state index contributed by atoms with van der Waals surface area (Å²) in [6.45, 7) is 3.52. The molecule has 0 aromatic heterocycles. The number of hydrogen-bond acceptors (Lipinski definition) is 6. The van der Waals surface area contributed by atoms with Gasteiger partial charge in [0.15, 0.2) is 0 Å². The largest absolute Gasteiger partial charge is 0.507 e. The molecule has 2 aromatic rings. The quantitative estimate of drug-likeness (QED) is 0.705. The third-order valence-corrected chi connectivity index (χ3v) is 5.02. The standard InChI is InChI=1S/C21H18FNO4S/c1-3-27-21(26)17-19(25)16(11-13-8-6-7-12(2)18(13)24)28-20(17)23-15-10-5-4-9-14(15)22/h4-11,24-25H,3H2,1-2H3. The van der Waals surface area contributed by atoms with Crippen molar-refractivity contribution in [1.29, 1.82) is 0 Å². The van der Waals surface area contributed by atoms with Crippen LogP contribution in [0.5, 0.6) is 5.75 Å². The average Bonchev–Trinajstić information content (AvgIpc) is 2.96. The first-order valence-corrected chi connectivity index (χ1v) is 9.36. The van der Waals surface area contributed by atoms with Crippen molar-refractivity contribution >= 4 is 34.5 Å². The Labute approximate surface area is 165 Å². The molecule has 0 saturated carbocycles. The highest BCUT2D eigenvalue weighted by atomic mass is 32.2. The Morgan fingerprint density at radius 1 is 1.21 bits per heavy atom. The van der Waals surface area contributed by atoms with Gasteiger partial charge in [-0.15, -0.1) is 0 Å². The van der Waals surface area contributed by atoms with Gasteiger partial charge in [-0.1, -0.05) is 42.1 Å². The van der Waals surface area contributed by atoms with Gasteiger partial charge >= 0.3 is 5.97 Å². The van der Waals surface area contributed by atoms with E-state index in [0.29, 0.717) is 16.0 Å². The predicted molar refractivity (Wildman–Crippen MR) is 108 cm³/mol. The summed E-state index contributed by atoms with van der Waals surface area (Å²) in [4.78, 5) is 16.9. The highest BCUT2D eigenvalue weighted by molar-refractivity contribution is 8.18. The van der Waals surface area contributed by atoms with E-state index in [-0.39, 0.29) is 34.4 Å². The molecule has 1 heterocycles. The van der Waals surface area contributed by atoms with Crippen LogP contribution in [0.4, 0.5) is 10.1 Å². The summed E-state index contributed by atoms with van der Waals surface area (Å²) in [5.74, 6) is -1.55. The van der Waals surface area contributed by atoms with Gasteiger partial charge in [0, 0.05) is 5.56 Å². The summed E-state index contributed by atoms with van der Waals surface area (Å²) >= 11 is 1.00. The second-order valence-electron chi connectivity index (χ2n) is 5.94. The molecule has 0 saturated heterocycles. The highest BCUT2D eigenvalue weighted by Gasteiger charge is 2.33. The maximum absolute atomic E-state index is 14.0. The maximum Gasteiger partial charge on any atom is 0.344 e. The van der Waals surface area contributed by atoms with Crippen LogP contribution in [0.2, 0.25) is 0 Å². The molecule has 0 amide bonds. The van der Waals surface area contributed by atoms with Crippen LogP contribution in [0, 0.1) is 12.7 Å². The lowest BCUT2D eigenvalue weighted by Gasteiger charge is -2.04. The molecule has 1 aliphatic rings. The Kier molecular flexibility index (Phi) is 5.84. The van der Waals surface area contributed by atoms with Gasteiger partial charge in [0.25, 0.3) is 0 Å². The number of rotatable bonds is 4. The van der Waals surface area contributed by atoms with Gasteiger partial charge in [0.1, 0.15) is 33.6 Å². The number of aliphatic hydroxyl groups is 1. The second-order valence-corrected chi connectivity index (χ2v) is 6.97. The molecule has 0 spiro atoms. The lowest BCUT2D eigenvalue weighted by atomic mass is 10.1. The summed E-state index contributed by atoms with van der Waals surface area (Å²) in [6.07, 6.45) is 1.55. The Bertz CT molecular complexity index is 1030. The number of ether oxygens (including phenoxy) is 1. The van der Waals surface area contributed by atoms with Crippen LogP contribution in [0.1, 0.15) is 18.1 Å². The minimum atomic E-state index is -0.751. The van der Waals surface area contributed by atoms with Crippen molar-refractivity contribution < 1.29 is 24.1 Å². The number of carbonyl (C=O) groups is 1. The molecule has 3 rings (SSSR count). The van der Waals surface area contributed by atoms with Crippen molar-refractivity contribution in [1.82, 2.24) is 0 Å². The minimum Gasteiger partial charge on any atom is -0.507 e. The lowest BCUT2D eigenvalue weighted by Crippen LogP contribution is -2.12. The van der Waals surface area contributed by atoms with E-state index in [1.54, 1.807) is 44.2 Å². The number of halogens is 1. The Morgan fingerprint density at radius 2 is 1.96 bits per heavy atom. The van der Waals surface area contributed by atoms with Crippen LogP contribution in [0.3, 0.4) is 0 Å². The molecule has 1 aliphatic heterocycles. The zero-order valence-corrected chi connectivity index (χ0v) is 16.1. The zero-order chi connectivity index (χ0) is 20.3. The van der Waals surface area contributed by atoms with Crippen molar-refractivity contribution in [3.63, 3.8) is 0 Å². The number of carbonyl (C=O) groups excluding carboxylic acids is 1. The number of hydrogen-bond donors (Lipinski definition) is 2. The molecule has 28 heavy (non-hydrogen) atoms. The van der Waals surface area contributed by atoms with Crippen LogP contribution < -0.4 is 0 Å². The minimum absolute atomic E-state index is 0.0410. The monoisotopic (exact) mass is 399 g/mol. The van der Waals surface area contributed by atoms with Crippen LogP contribution in [-0.4, -0.2) is 27.8 Å². The van der Waals surface area contributed by atoms with E-state index < -0.39 is 11.8 Å². The van der Waals surface area contributed by atoms with Crippen molar-refractivity contribution in [2.24, 2.45) is 4.99 Å². The van der Waals surface area contributed by atoms with E-state index in [0.717, 1.165) is 11.8 Å². The molecule has 144 valence electrons. The highest BCUT2D eigenvalue weighted by Crippen LogP contribution is 2.41. The fourth-order valence-electron chi connectivity index (χ4n) is 2.58. The SMILES string of the molecule is CCOC(=O)C1=C(O)C(=Cc2cccc(C)c2O)SC1=Nc1ccccc1F. The maximum atomic E-state index is 14.0. The molecule has 0 radical (unpaired) electrons. The van der Waals surface area contributed by atoms with Gasteiger partial charge in [-0.05, 0) is 37.6 Å². The summed E-state index contributed by atoms with van der Waals surface area (Å²) in [7, 11) is 0. The molecule has 0 bridgehead atoms. The molecule has 0 fully saturated rings. The second kappa shape index (κ2) is 8.31. The van der Waals surface area contributed by atoms with Crippen molar-refractivity contribution in [2.45, 2.75) is 13.8 Å². The van der Waals surface area contributed by atoms with Crippen LogP contribution >= 0.6 is 11.8 Å². The predicted octanol–water partition coefficient (Wildman–Crippen LogP) is 5.03. The Morgan fingerprint density at radius 3 is 2.68 bits per heavy atom. The molecule has 2 aromatic carbocycles. The Hall–Kier alpha value is -3.06. The van der Waals surface area contributed by atoms with E-state index in [1.807, 2.05) is 0 Å². The van der Waals surface area contributed by atoms with E-state index in [9.17, 15) is 19.4 Å².